The number of nitrogens with one attached hydrogen (secondary N) is 1. The molecule has 2 aromatic rings. The Balaban J connectivity index is 1.91. The molecule has 1 saturated carbocycles. The van der Waals surface area contributed by atoms with E-state index in [0.717, 1.165) is 16.3 Å². The van der Waals surface area contributed by atoms with Gasteiger partial charge in [0.05, 0.1) is 21.5 Å². The van der Waals surface area contributed by atoms with Crippen molar-refractivity contribution in [1.29, 1.82) is 0 Å². The fourth-order valence-electron chi connectivity index (χ4n) is 3.18. The maximum Gasteiger partial charge on any atom is 0.253 e. The quantitative estimate of drug-likeness (QED) is 0.795. The lowest BCUT2D eigenvalue weighted by atomic mass is 10.0. The predicted octanol–water partition coefficient (Wildman–Crippen LogP) is 3.72. The molecule has 2 aromatic carbocycles. The van der Waals surface area contributed by atoms with Gasteiger partial charge in [0, 0.05) is 14.1 Å². The molecular weight excluding hydrogens is 384 g/mol. The average molecular weight is 407 g/mol. The SMILES string of the molecule is CC1CC1C(NC(=O)c1cc(S(=O)(=O)N(C)C)ccc1Cl)c1ccccc1. The molecule has 5 nitrogen and oxygen atoms in total. The highest BCUT2D eigenvalue weighted by Crippen LogP contribution is 2.47. The zero-order valence-electron chi connectivity index (χ0n) is 15.5. The predicted molar refractivity (Wildman–Crippen MR) is 106 cm³/mol. The molecule has 0 saturated heterocycles. The van der Waals surface area contributed by atoms with Gasteiger partial charge in [0.2, 0.25) is 10.0 Å². The third-order valence-corrected chi connectivity index (χ3v) is 7.15. The molecule has 0 heterocycles. The lowest BCUT2D eigenvalue weighted by Crippen LogP contribution is -2.31. The fraction of sp³-hybridized carbons (Fsp3) is 0.350. The first-order valence-corrected chi connectivity index (χ1v) is 10.6. The van der Waals surface area contributed by atoms with E-state index in [0.29, 0.717) is 11.8 Å². The molecule has 1 aliphatic carbocycles. The van der Waals surface area contributed by atoms with E-state index in [1.165, 1.54) is 32.3 Å². The molecule has 0 spiro atoms. The van der Waals surface area contributed by atoms with Crippen molar-refractivity contribution < 1.29 is 13.2 Å². The summed E-state index contributed by atoms with van der Waals surface area (Å²) < 4.78 is 25.9. The Kier molecular flexibility index (Phi) is 5.60. The first-order valence-electron chi connectivity index (χ1n) is 8.79. The summed E-state index contributed by atoms with van der Waals surface area (Å²) in [5, 5.41) is 3.28. The molecule has 1 N–H and O–H groups in total. The number of benzene rings is 2. The van der Waals surface area contributed by atoms with E-state index in [1.807, 2.05) is 30.3 Å². The Hall–Kier alpha value is -1.89. The zero-order chi connectivity index (χ0) is 19.8. The number of halogens is 1. The number of nitrogens with zero attached hydrogens (tertiary/aromatic N) is 1. The van der Waals surface area contributed by atoms with E-state index >= 15 is 0 Å². The number of sulfonamides is 1. The summed E-state index contributed by atoms with van der Waals surface area (Å²) in [6, 6.07) is 13.9. The van der Waals surface area contributed by atoms with Gasteiger partial charge in [0.25, 0.3) is 5.91 Å². The van der Waals surface area contributed by atoms with Crippen LogP contribution in [-0.2, 0) is 10.0 Å². The summed E-state index contributed by atoms with van der Waals surface area (Å²) in [6.07, 6.45) is 1.04. The van der Waals surface area contributed by atoms with Gasteiger partial charge in [-0.3, -0.25) is 4.79 Å². The van der Waals surface area contributed by atoms with Crippen molar-refractivity contribution in [2.24, 2.45) is 11.8 Å². The van der Waals surface area contributed by atoms with Gasteiger partial charge in [-0.1, -0.05) is 48.9 Å². The molecule has 1 aliphatic rings. The van der Waals surface area contributed by atoms with Crippen LogP contribution in [0.4, 0.5) is 0 Å². The zero-order valence-corrected chi connectivity index (χ0v) is 17.1. The van der Waals surface area contributed by atoms with Gasteiger partial charge in [-0.15, -0.1) is 0 Å². The number of amides is 1. The lowest BCUT2D eigenvalue weighted by molar-refractivity contribution is 0.0930. The molecule has 3 rings (SSSR count). The first kappa shape index (κ1) is 19.9. The van der Waals surface area contributed by atoms with Crippen LogP contribution in [0.3, 0.4) is 0 Å². The number of carbonyl (C=O) groups excluding carboxylic acids is 1. The second kappa shape index (κ2) is 7.62. The Morgan fingerprint density at radius 2 is 1.81 bits per heavy atom. The molecule has 7 heteroatoms. The van der Waals surface area contributed by atoms with Crippen molar-refractivity contribution in [3.63, 3.8) is 0 Å². The van der Waals surface area contributed by atoms with Crippen molar-refractivity contribution in [1.82, 2.24) is 9.62 Å². The Bertz CT molecular complexity index is 945. The minimum absolute atomic E-state index is 0.0399. The monoisotopic (exact) mass is 406 g/mol. The molecule has 0 bridgehead atoms. The highest BCUT2D eigenvalue weighted by molar-refractivity contribution is 7.89. The summed E-state index contributed by atoms with van der Waals surface area (Å²) >= 11 is 6.20. The van der Waals surface area contributed by atoms with Gasteiger partial charge in [-0.2, -0.15) is 0 Å². The molecule has 3 unspecified atom stereocenters. The van der Waals surface area contributed by atoms with Crippen LogP contribution in [0, 0.1) is 11.8 Å². The summed E-state index contributed by atoms with van der Waals surface area (Å²) in [4.78, 5) is 13.0. The number of carbonyl (C=O) groups is 1. The molecule has 0 radical (unpaired) electrons. The number of rotatable bonds is 6. The minimum atomic E-state index is -3.65. The van der Waals surface area contributed by atoms with E-state index < -0.39 is 10.0 Å². The summed E-state index contributed by atoms with van der Waals surface area (Å²) in [5.41, 5.74) is 1.20. The summed E-state index contributed by atoms with van der Waals surface area (Å²) in [7, 11) is -0.752. The van der Waals surface area contributed by atoms with Gasteiger partial charge in [-0.25, -0.2) is 12.7 Å². The van der Waals surface area contributed by atoms with Gasteiger partial charge < -0.3 is 5.32 Å². The van der Waals surface area contributed by atoms with Crippen LogP contribution in [0.1, 0.15) is 35.3 Å². The Morgan fingerprint density at radius 1 is 1.19 bits per heavy atom. The van der Waals surface area contributed by atoms with E-state index in [4.69, 9.17) is 11.6 Å². The molecule has 1 fully saturated rings. The van der Waals surface area contributed by atoms with E-state index in [9.17, 15) is 13.2 Å². The van der Waals surface area contributed by atoms with Crippen LogP contribution in [-0.4, -0.2) is 32.7 Å². The summed E-state index contributed by atoms with van der Waals surface area (Å²) in [5.74, 6) is 0.527. The highest BCUT2D eigenvalue weighted by Gasteiger charge is 2.41. The molecule has 144 valence electrons. The third-order valence-electron chi connectivity index (χ3n) is 5.01. The van der Waals surface area contributed by atoms with E-state index in [1.54, 1.807) is 0 Å². The van der Waals surface area contributed by atoms with Gasteiger partial charge in [0.1, 0.15) is 0 Å². The topological polar surface area (TPSA) is 66.5 Å². The fourth-order valence-corrected chi connectivity index (χ4v) is 4.31. The maximum absolute atomic E-state index is 12.9. The van der Waals surface area contributed by atoms with Crippen LogP contribution in [0.25, 0.3) is 0 Å². The van der Waals surface area contributed by atoms with Crippen LogP contribution in [0.15, 0.2) is 53.4 Å². The van der Waals surface area contributed by atoms with Crippen molar-refractivity contribution in [3.05, 3.63) is 64.7 Å². The van der Waals surface area contributed by atoms with Crippen LogP contribution >= 0.6 is 11.6 Å². The van der Waals surface area contributed by atoms with Gasteiger partial charge >= 0.3 is 0 Å². The highest BCUT2D eigenvalue weighted by atomic mass is 35.5. The van der Waals surface area contributed by atoms with Crippen LogP contribution < -0.4 is 5.32 Å². The third kappa shape index (κ3) is 4.18. The summed E-state index contributed by atoms with van der Waals surface area (Å²) in [6.45, 7) is 2.16. The standard InChI is InChI=1S/C20H23ClN2O3S/c1-13-11-16(13)19(14-7-5-4-6-8-14)22-20(24)17-12-15(9-10-18(17)21)27(25,26)23(2)3/h4-10,12-13,16,19H,11H2,1-3H3,(H,22,24). The number of hydrogen-bond donors (Lipinski definition) is 1. The van der Waals surface area contributed by atoms with E-state index in [2.05, 4.69) is 12.2 Å². The second-order valence-electron chi connectivity index (χ2n) is 7.17. The minimum Gasteiger partial charge on any atom is -0.345 e. The first-order chi connectivity index (χ1) is 12.7. The Labute approximate surface area is 165 Å². The number of hydrogen-bond acceptors (Lipinski definition) is 3. The van der Waals surface area contributed by atoms with Crippen LogP contribution in [0.2, 0.25) is 5.02 Å². The maximum atomic E-state index is 12.9. The van der Waals surface area contributed by atoms with Crippen molar-refractivity contribution >= 4 is 27.5 Å². The van der Waals surface area contributed by atoms with Crippen LogP contribution in [0.5, 0.6) is 0 Å². The molecule has 0 aliphatic heterocycles. The van der Waals surface area contributed by atoms with Gasteiger partial charge in [-0.05, 0) is 42.0 Å². The second-order valence-corrected chi connectivity index (χ2v) is 9.73. The molecule has 1 amide bonds. The van der Waals surface area contributed by atoms with Gasteiger partial charge in [0.15, 0.2) is 0 Å². The Morgan fingerprint density at radius 3 is 2.37 bits per heavy atom. The normalized spacial score (nSPS) is 20.3. The van der Waals surface area contributed by atoms with Crippen molar-refractivity contribution in [2.45, 2.75) is 24.3 Å². The average Bonchev–Trinajstić information content (AvgIpc) is 3.36. The molecule has 3 atom stereocenters. The van der Waals surface area contributed by atoms with Crippen molar-refractivity contribution in [2.75, 3.05) is 14.1 Å². The van der Waals surface area contributed by atoms with E-state index in [-0.39, 0.29) is 27.4 Å². The molecular formula is C20H23ClN2O3S. The molecule has 0 aromatic heterocycles. The smallest absolute Gasteiger partial charge is 0.253 e. The van der Waals surface area contributed by atoms with Crippen molar-refractivity contribution in [3.8, 4) is 0 Å². The lowest BCUT2D eigenvalue weighted by Gasteiger charge is -2.20. The molecule has 27 heavy (non-hydrogen) atoms. The largest absolute Gasteiger partial charge is 0.345 e.